The lowest BCUT2D eigenvalue weighted by molar-refractivity contribution is -0.121. The molecule has 7 heteroatoms. The molecule has 1 aliphatic heterocycles. The largest absolute Gasteiger partial charge is 0.441 e. The van der Waals surface area contributed by atoms with Crippen molar-refractivity contribution in [2.24, 2.45) is 11.8 Å². The summed E-state index contributed by atoms with van der Waals surface area (Å²) in [5.41, 5.74) is 0.941. The number of aryl methyl sites for hydroxylation is 1. The molecule has 2 aliphatic rings. The zero-order chi connectivity index (χ0) is 21.4. The van der Waals surface area contributed by atoms with Crippen LogP contribution in [0.4, 0.5) is 10.2 Å². The number of hydrogen-bond acceptors (Lipinski definition) is 5. The van der Waals surface area contributed by atoms with E-state index in [1.165, 1.54) is 0 Å². The Morgan fingerprint density at radius 1 is 1.13 bits per heavy atom. The second-order valence-corrected chi connectivity index (χ2v) is 8.90. The minimum atomic E-state index is -0.646. The summed E-state index contributed by atoms with van der Waals surface area (Å²) in [7, 11) is 0. The zero-order valence-electron chi connectivity index (χ0n) is 17.7. The van der Waals surface area contributed by atoms with Gasteiger partial charge in [0.2, 0.25) is 5.91 Å². The molecule has 3 heterocycles. The van der Waals surface area contributed by atoms with Crippen molar-refractivity contribution in [2.45, 2.75) is 38.8 Å². The molecule has 1 aromatic carbocycles. The number of nitrogens with zero attached hydrogens (tertiary/aromatic N) is 3. The van der Waals surface area contributed by atoms with E-state index in [-0.39, 0.29) is 11.8 Å². The predicted molar refractivity (Wildman–Crippen MR) is 117 cm³/mol. The number of halogens is 1. The Hall–Kier alpha value is -2.80. The van der Waals surface area contributed by atoms with Crippen LogP contribution < -0.4 is 5.32 Å². The van der Waals surface area contributed by atoms with Crippen molar-refractivity contribution in [2.75, 3.05) is 25.0 Å². The van der Waals surface area contributed by atoms with Crippen molar-refractivity contribution in [3.63, 3.8) is 0 Å². The third-order valence-corrected chi connectivity index (χ3v) is 6.53. The molecule has 1 aliphatic carbocycles. The molecule has 1 N–H and O–H groups in total. The predicted octanol–water partition coefficient (Wildman–Crippen LogP) is 4.60. The molecule has 0 bridgehead atoms. The Labute approximate surface area is 180 Å². The summed E-state index contributed by atoms with van der Waals surface area (Å²) in [6.07, 6.45) is 6.66. The lowest BCUT2D eigenvalue weighted by Crippen LogP contribution is -2.50. The van der Waals surface area contributed by atoms with Crippen molar-refractivity contribution in [3.8, 4) is 11.3 Å². The van der Waals surface area contributed by atoms with Gasteiger partial charge in [-0.3, -0.25) is 9.69 Å². The van der Waals surface area contributed by atoms with Crippen LogP contribution in [-0.4, -0.2) is 46.6 Å². The lowest BCUT2D eigenvalue weighted by atomic mass is 9.81. The third-order valence-electron chi connectivity index (χ3n) is 6.53. The first-order chi connectivity index (χ1) is 15.0. The van der Waals surface area contributed by atoms with E-state index in [9.17, 15) is 9.18 Å². The molecule has 3 aromatic rings. The van der Waals surface area contributed by atoms with E-state index in [0.29, 0.717) is 30.7 Å². The van der Waals surface area contributed by atoms with Crippen LogP contribution in [0.3, 0.4) is 0 Å². The number of amides is 1. The van der Waals surface area contributed by atoms with Crippen molar-refractivity contribution in [1.29, 1.82) is 0 Å². The molecule has 5 rings (SSSR count). The van der Waals surface area contributed by atoms with Gasteiger partial charge >= 0.3 is 0 Å². The van der Waals surface area contributed by atoms with Crippen LogP contribution in [0.25, 0.3) is 22.1 Å². The Balaban J connectivity index is 1.21. The molecule has 31 heavy (non-hydrogen) atoms. The number of carbonyl (C=O) groups excluding carboxylic acids is 1. The number of oxazole rings is 1. The van der Waals surface area contributed by atoms with Gasteiger partial charge in [0, 0.05) is 49.6 Å². The smallest absolute Gasteiger partial charge is 0.228 e. The van der Waals surface area contributed by atoms with E-state index in [1.807, 2.05) is 31.2 Å². The summed E-state index contributed by atoms with van der Waals surface area (Å²) in [4.78, 5) is 23.6. The van der Waals surface area contributed by atoms with Crippen LogP contribution in [0, 0.1) is 18.8 Å². The maximum absolute atomic E-state index is 13.0. The number of alkyl halides is 1. The molecule has 1 saturated heterocycles. The molecule has 2 fully saturated rings. The summed E-state index contributed by atoms with van der Waals surface area (Å²) in [5, 5.41) is 4.99. The van der Waals surface area contributed by atoms with Crippen molar-refractivity contribution >= 4 is 22.5 Å². The van der Waals surface area contributed by atoms with E-state index >= 15 is 0 Å². The van der Waals surface area contributed by atoms with E-state index in [1.54, 1.807) is 12.4 Å². The van der Waals surface area contributed by atoms with Gasteiger partial charge in [-0.15, -0.1) is 0 Å². The number of likely N-dealkylation sites (tertiary alicyclic amines) is 1. The lowest BCUT2D eigenvalue weighted by Gasteiger charge is -2.38. The van der Waals surface area contributed by atoms with Crippen LogP contribution in [0.1, 0.15) is 31.6 Å². The molecule has 6 nitrogen and oxygen atoms in total. The van der Waals surface area contributed by atoms with Gasteiger partial charge in [-0.25, -0.2) is 14.4 Å². The summed E-state index contributed by atoms with van der Waals surface area (Å²) in [6, 6.07) is 7.90. The summed E-state index contributed by atoms with van der Waals surface area (Å²) < 4.78 is 18.6. The molecular formula is C24H27FN4O2. The van der Waals surface area contributed by atoms with Gasteiger partial charge < -0.3 is 9.73 Å². The summed E-state index contributed by atoms with van der Waals surface area (Å²) in [6.45, 7) is 3.94. The maximum Gasteiger partial charge on any atom is 0.228 e. The molecule has 1 amide bonds. The fraction of sp³-hybridized carbons (Fsp3) is 0.458. The van der Waals surface area contributed by atoms with Gasteiger partial charge in [-0.1, -0.05) is 12.1 Å². The summed E-state index contributed by atoms with van der Waals surface area (Å²) in [5.74, 6) is 2.55. The van der Waals surface area contributed by atoms with Crippen LogP contribution >= 0.6 is 0 Å². The first-order valence-electron chi connectivity index (χ1n) is 11.0. The monoisotopic (exact) mass is 422 g/mol. The Kier molecular flexibility index (Phi) is 5.44. The van der Waals surface area contributed by atoms with Crippen LogP contribution in [0.2, 0.25) is 0 Å². The third kappa shape index (κ3) is 4.46. The number of pyridine rings is 1. The van der Waals surface area contributed by atoms with Gasteiger partial charge in [0.25, 0.3) is 0 Å². The standard InChI is InChI=1S/C24H27FN4O2/c1-15-26-11-22(31-15)18-6-7-19-10-27-23(9-20(19)8-18)28-24(30)17-4-2-16(3-5-17)12-29-13-21(25)14-29/h6-11,16-17,21H,2-5,12-14H2,1H3,(H,27,28,30)/t16-,17-. The Morgan fingerprint density at radius 3 is 2.65 bits per heavy atom. The molecule has 2 aromatic heterocycles. The molecule has 1 saturated carbocycles. The van der Waals surface area contributed by atoms with E-state index < -0.39 is 6.17 Å². The average molecular weight is 423 g/mol. The molecular weight excluding hydrogens is 395 g/mol. The topological polar surface area (TPSA) is 71.3 Å². The minimum Gasteiger partial charge on any atom is -0.441 e. The van der Waals surface area contributed by atoms with Crippen LogP contribution in [0.15, 0.2) is 41.1 Å². The first kappa shape index (κ1) is 20.1. The summed E-state index contributed by atoms with van der Waals surface area (Å²) >= 11 is 0. The van der Waals surface area contributed by atoms with Gasteiger partial charge in [0.15, 0.2) is 11.7 Å². The van der Waals surface area contributed by atoms with Gasteiger partial charge in [-0.05, 0) is 49.1 Å². The average Bonchev–Trinajstić information content (AvgIpc) is 3.19. The van der Waals surface area contributed by atoms with Crippen molar-refractivity contribution in [1.82, 2.24) is 14.9 Å². The van der Waals surface area contributed by atoms with Crippen LogP contribution in [0.5, 0.6) is 0 Å². The van der Waals surface area contributed by atoms with E-state index in [0.717, 1.165) is 54.3 Å². The van der Waals surface area contributed by atoms with Crippen molar-refractivity contribution in [3.05, 3.63) is 42.5 Å². The van der Waals surface area contributed by atoms with Crippen molar-refractivity contribution < 1.29 is 13.6 Å². The quantitative estimate of drug-likeness (QED) is 0.651. The van der Waals surface area contributed by atoms with Gasteiger partial charge in [0.1, 0.15) is 12.0 Å². The van der Waals surface area contributed by atoms with Gasteiger partial charge in [-0.2, -0.15) is 0 Å². The number of carbonyl (C=O) groups is 1. The molecule has 0 spiro atoms. The normalized spacial score (nSPS) is 22.4. The second-order valence-electron chi connectivity index (χ2n) is 8.90. The number of aromatic nitrogens is 2. The highest BCUT2D eigenvalue weighted by atomic mass is 19.1. The number of rotatable bonds is 5. The fourth-order valence-electron chi connectivity index (χ4n) is 4.71. The second kappa shape index (κ2) is 8.38. The van der Waals surface area contributed by atoms with Gasteiger partial charge in [0.05, 0.1) is 6.20 Å². The number of hydrogen-bond donors (Lipinski definition) is 1. The molecule has 0 atom stereocenters. The number of anilines is 1. The highest BCUT2D eigenvalue weighted by Crippen LogP contribution is 2.32. The number of fused-ring (bicyclic) bond motifs is 1. The zero-order valence-corrected chi connectivity index (χ0v) is 17.7. The Morgan fingerprint density at radius 2 is 1.94 bits per heavy atom. The van der Waals surface area contributed by atoms with E-state index in [4.69, 9.17) is 4.42 Å². The SMILES string of the molecule is Cc1ncc(-c2ccc3cnc(NC(=O)[C@H]4CC[C@H](CN5CC(F)C5)CC4)cc3c2)o1. The number of nitrogens with one attached hydrogen (secondary N) is 1. The van der Waals surface area contributed by atoms with Crippen LogP contribution in [-0.2, 0) is 4.79 Å². The molecule has 162 valence electrons. The molecule has 0 radical (unpaired) electrons. The fourth-order valence-corrected chi connectivity index (χ4v) is 4.71. The maximum atomic E-state index is 13.0. The highest BCUT2D eigenvalue weighted by molar-refractivity contribution is 5.94. The minimum absolute atomic E-state index is 0.0163. The highest BCUT2D eigenvalue weighted by Gasteiger charge is 2.31. The number of benzene rings is 1. The molecule has 0 unspecified atom stereocenters. The first-order valence-corrected chi connectivity index (χ1v) is 11.0. The van der Waals surface area contributed by atoms with E-state index in [2.05, 4.69) is 20.2 Å². The Bertz CT molecular complexity index is 1080.